The first kappa shape index (κ1) is 25.5. The molecule has 36 heavy (non-hydrogen) atoms. The van der Waals surface area contributed by atoms with Gasteiger partial charge in [-0.05, 0) is 48.4 Å². The molecule has 0 spiro atoms. The number of anilines is 2. The first-order valence-corrected chi connectivity index (χ1v) is 13.6. The Hall–Kier alpha value is -3.59. The monoisotopic (exact) mass is 509 g/mol. The highest BCUT2D eigenvalue weighted by molar-refractivity contribution is 7.90. The molecule has 2 unspecified atom stereocenters. The van der Waals surface area contributed by atoms with E-state index >= 15 is 0 Å². The van der Waals surface area contributed by atoms with Gasteiger partial charge in [0.25, 0.3) is 0 Å². The van der Waals surface area contributed by atoms with Crippen molar-refractivity contribution in [3.8, 4) is 11.1 Å². The third kappa shape index (κ3) is 4.88. The highest BCUT2D eigenvalue weighted by Gasteiger charge is 2.35. The van der Waals surface area contributed by atoms with Crippen LogP contribution >= 0.6 is 0 Å². The summed E-state index contributed by atoms with van der Waals surface area (Å²) in [7, 11) is -1.69. The van der Waals surface area contributed by atoms with Crippen molar-refractivity contribution in [2.45, 2.75) is 37.8 Å². The largest absolute Gasteiger partial charge is 0.501 e. The Morgan fingerprint density at radius 2 is 1.69 bits per heavy atom. The molecule has 1 N–H and O–H groups in total. The number of urea groups is 1. The molecule has 1 heterocycles. The molecule has 1 aliphatic carbocycles. The van der Waals surface area contributed by atoms with Crippen molar-refractivity contribution < 1.29 is 22.7 Å². The van der Waals surface area contributed by atoms with Gasteiger partial charge in [-0.2, -0.15) is 0 Å². The Morgan fingerprint density at radius 3 is 2.31 bits per heavy atom. The summed E-state index contributed by atoms with van der Waals surface area (Å²) in [5.74, 6) is 0.657. The molecule has 2 aromatic carbocycles. The SMILES string of the molecule is COC1=CC=CC(NC(=O)N2C[C@H](C)N(C(C)=O)c3ccc(-c4ccc(S(C)(=O)=O)cc4)cc32)C1C. The maximum absolute atomic E-state index is 13.5. The van der Waals surface area contributed by atoms with Gasteiger partial charge in [-0.15, -0.1) is 0 Å². The van der Waals surface area contributed by atoms with Crippen molar-refractivity contribution in [1.29, 1.82) is 0 Å². The van der Waals surface area contributed by atoms with E-state index in [1.54, 1.807) is 41.2 Å². The minimum atomic E-state index is -3.31. The Morgan fingerprint density at radius 1 is 1.03 bits per heavy atom. The van der Waals surface area contributed by atoms with E-state index in [0.717, 1.165) is 16.9 Å². The van der Waals surface area contributed by atoms with Gasteiger partial charge >= 0.3 is 6.03 Å². The molecular weight excluding hydrogens is 478 g/mol. The zero-order valence-corrected chi connectivity index (χ0v) is 21.9. The van der Waals surface area contributed by atoms with E-state index in [4.69, 9.17) is 4.74 Å². The minimum absolute atomic E-state index is 0.0287. The number of hydrogen-bond acceptors (Lipinski definition) is 5. The maximum atomic E-state index is 13.5. The van der Waals surface area contributed by atoms with Crippen molar-refractivity contribution in [3.63, 3.8) is 0 Å². The summed E-state index contributed by atoms with van der Waals surface area (Å²) < 4.78 is 29.1. The summed E-state index contributed by atoms with van der Waals surface area (Å²) in [6.07, 6.45) is 6.85. The number of fused-ring (bicyclic) bond motifs is 1. The topological polar surface area (TPSA) is 96.0 Å². The fourth-order valence-electron chi connectivity index (χ4n) is 4.78. The van der Waals surface area contributed by atoms with E-state index in [-0.39, 0.29) is 34.8 Å². The van der Waals surface area contributed by atoms with Gasteiger partial charge in [0.1, 0.15) is 5.76 Å². The zero-order valence-electron chi connectivity index (χ0n) is 21.1. The number of nitrogens with one attached hydrogen (secondary N) is 1. The van der Waals surface area contributed by atoms with Crippen LogP contribution in [0.3, 0.4) is 0 Å². The number of benzene rings is 2. The van der Waals surface area contributed by atoms with E-state index in [1.165, 1.54) is 13.2 Å². The van der Waals surface area contributed by atoms with Crippen LogP contribution in [0.4, 0.5) is 16.2 Å². The fourth-order valence-corrected chi connectivity index (χ4v) is 5.41. The summed E-state index contributed by atoms with van der Waals surface area (Å²) >= 11 is 0. The molecule has 0 radical (unpaired) electrons. The van der Waals surface area contributed by atoms with E-state index in [0.29, 0.717) is 17.9 Å². The lowest BCUT2D eigenvalue weighted by Gasteiger charge is -2.41. The molecular formula is C27H31N3O5S. The number of ether oxygens (including phenoxy) is 1. The summed E-state index contributed by atoms with van der Waals surface area (Å²) in [5.41, 5.74) is 2.87. The normalized spacial score (nSPS) is 21.5. The number of methoxy groups -OCH3 is 1. The molecule has 2 aromatic rings. The molecule has 0 saturated carbocycles. The summed E-state index contributed by atoms with van der Waals surface area (Å²) in [6, 6.07) is 11.5. The second kappa shape index (κ2) is 9.81. The molecule has 0 bridgehead atoms. The number of amides is 3. The Kier molecular flexibility index (Phi) is 6.95. The predicted molar refractivity (Wildman–Crippen MR) is 141 cm³/mol. The van der Waals surface area contributed by atoms with Crippen molar-refractivity contribution in [2.24, 2.45) is 5.92 Å². The Balaban J connectivity index is 1.70. The van der Waals surface area contributed by atoms with Crippen LogP contribution in [0.25, 0.3) is 11.1 Å². The van der Waals surface area contributed by atoms with Gasteiger partial charge in [0.15, 0.2) is 9.84 Å². The van der Waals surface area contributed by atoms with Gasteiger partial charge in [0.2, 0.25) is 5.91 Å². The molecule has 3 atom stereocenters. The molecule has 2 aliphatic rings. The standard InChI is InChI=1S/C27H31N3O5S/c1-17-16-29(27(32)28-23-7-6-8-26(35-4)18(23)2)25-15-21(11-14-24(25)30(17)19(3)31)20-9-12-22(13-10-20)36(5,33)34/h6-15,17-18,23H,16H2,1-5H3,(H,28,32)/t17-,18?,23?/m0/s1. The average Bonchev–Trinajstić information content (AvgIpc) is 2.83. The molecule has 3 amide bonds. The van der Waals surface area contributed by atoms with Gasteiger partial charge in [-0.3, -0.25) is 9.69 Å². The zero-order chi connectivity index (χ0) is 26.2. The first-order chi connectivity index (χ1) is 17.0. The molecule has 4 rings (SSSR count). The minimum Gasteiger partial charge on any atom is -0.501 e. The van der Waals surface area contributed by atoms with Gasteiger partial charge in [-0.1, -0.05) is 37.3 Å². The van der Waals surface area contributed by atoms with Crippen LogP contribution in [-0.2, 0) is 19.4 Å². The molecule has 9 heteroatoms. The Bertz CT molecular complexity index is 1350. The summed E-state index contributed by atoms with van der Waals surface area (Å²) in [6.45, 7) is 5.75. The number of carbonyl (C=O) groups is 2. The number of nitrogens with zero attached hydrogens (tertiary/aromatic N) is 2. The van der Waals surface area contributed by atoms with Crippen LogP contribution in [0, 0.1) is 5.92 Å². The lowest BCUT2D eigenvalue weighted by molar-refractivity contribution is -0.117. The van der Waals surface area contributed by atoms with E-state index in [2.05, 4.69) is 5.32 Å². The smallest absolute Gasteiger partial charge is 0.322 e. The first-order valence-electron chi connectivity index (χ1n) is 11.8. The van der Waals surface area contributed by atoms with Crippen molar-refractivity contribution >= 4 is 33.2 Å². The molecule has 0 fully saturated rings. The van der Waals surface area contributed by atoms with Crippen molar-refractivity contribution in [2.75, 3.05) is 29.7 Å². The predicted octanol–water partition coefficient (Wildman–Crippen LogP) is 4.13. The third-order valence-electron chi connectivity index (χ3n) is 6.71. The fraction of sp³-hybridized carbons (Fsp3) is 0.333. The van der Waals surface area contributed by atoms with Crippen LogP contribution < -0.4 is 15.1 Å². The van der Waals surface area contributed by atoms with E-state index < -0.39 is 9.84 Å². The molecule has 190 valence electrons. The third-order valence-corrected chi connectivity index (χ3v) is 7.83. The maximum Gasteiger partial charge on any atom is 0.322 e. The highest BCUT2D eigenvalue weighted by atomic mass is 32.2. The lowest BCUT2D eigenvalue weighted by atomic mass is 9.95. The Labute approximate surface area is 212 Å². The second-order valence-corrected chi connectivity index (χ2v) is 11.3. The number of sulfone groups is 1. The van der Waals surface area contributed by atoms with Gasteiger partial charge < -0.3 is 15.0 Å². The molecule has 0 aromatic heterocycles. The number of hydrogen-bond donors (Lipinski definition) is 1. The summed E-state index contributed by atoms with van der Waals surface area (Å²) in [4.78, 5) is 29.6. The second-order valence-electron chi connectivity index (χ2n) is 9.27. The van der Waals surface area contributed by atoms with Crippen LogP contribution in [0.2, 0.25) is 0 Å². The number of allylic oxidation sites excluding steroid dienone is 2. The summed E-state index contributed by atoms with van der Waals surface area (Å²) in [5, 5.41) is 3.10. The molecule has 8 nitrogen and oxygen atoms in total. The van der Waals surface area contributed by atoms with Gasteiger partial charge in [-0.25, -0.2) is 13.2 Å². The van der Waals surface area contributed by atoms with Crippen LogP contribution in [-0.4, -0.2) is 52.4 Å². The average molecular weight is 510 g/mol. The molecule has 1 aliphatic heterocycles. The van der Waals surface area contributed by atoms with Crippen molar-refractivity contribution in [1.82, 2.24) is 5.32 Å². The van der Waals surface area contributed by atoms with Crippen LogP contribution in [0.1, 0.15) is 20.8 Å². The van der Waals surface area contributed by atoms with Crippen LogP contribution in [0.5, 0.6) is 0 Å². The molecule has 0 saturated heterocycles. The van der Waals surface area contributed by atoms with Gasteiger partial charge in [0, 0.05) is 25.6 Å². The highest BCUT2D eigenvalue weighted by Crippen LogP contribution is 2.39. The van der Waals surface area contributed by atoms with Crippen LogP contribution in [0.15, 0.2) is 71.3 Å². The lowest BCUT2D eigenvalue weighted by Crippen LogP contribution is -2.55. The quantitative estimate of drug-likeness (QED) is 0.669. The number of rotatable bonds is 4. The number of carbonyl (C=O) groups excluding carboxylic acids is 2. The van der Waals surface area contributed by atoms with E-state index in [9.17, 15) is 18.0 Å². The van der Waals surface area contributed by atoms with Crippen molar-refractivity contribution in [3.05, 3.63) is 66.5 Å². The van der Waals surface area contributed by atoms with Gasteiger partial charge in [0.05, 0.1) is 35.5 Å². The van der Waals surface area contributed by atoms with E-state index in [1.807, 2.05) is 50.3 Å².